The Morgan fingerprint density at radius 3 is 2.78 bits per heavy atom. The number of rotatable bonds is 5. The van der Waals surface area contributed by atoms with Gasteiger partial charge < -0.3 is 9.47 Å². The van der Waals surface area contributed by atoms with Gasteiger partial charge in [0.25, 0.3) is 0 Å². The first-order chi connectivity index (χ1) is 11.1. The SMILES string of the molecule is COc1cc2c(cc1OCc1nccs1)CCC(C)C2C(C)C. The summed E-state index contributed by atoms with van der Waals surface area (Å²) < 4.78 is 11.6. The Morgan fingerprint density at radius 1 is 1.30 bits per heavy atom. The van der Waals surface area contributed by atoms with Crippen LogP contribution in [-0.4, -0.2) is 12.1 Å². The molecule has 4 heteroatoms. The molecule has 1 aromatic heterocycles. The summed E-state index contributed by atoms with van der Waals surface area (Å²) in [5.74, 6) is 3.62. The molecule has 0 amide bonds. The van der Waals surface area contributed by atoms with E-state index < -0.39 is 0 Å². The minimum absolute atomic E-state index is 0.497. The molecule has 1 aromatic carbocycles. The van der Waals surface area contributed by atoms with Crippen molar-refractivity contribution in [1.82, 2.24) is 4.98 Å². The Balaban J connectivity index is 1.90. The van der Waals surface area contributed by atoms with Crippen molar-refractivity contribution in [2.45, 2.75) is 46.1 Å². The van der Waals surface area contributed by atoms with Gasteiger partial charge in [-0.2, -0.15) is 0 Å². The molecule has 3 nitrogen and oxygen atoms in total. The third kappa shape index (κ3) is 3.37. The highest BCUT2D eigenvalue weighted by atomic mass is 32.1. The molecule has 0 N–H and O–H groups in total. The first-order valence-corrected chi connectivity index (χ1v) is 9.20. The second-order valence-corrected chi connectivity index (χ2v) is 7.68. The highest BCUT2D eigenvalue weighted by molar-refractivity contribution is 7.09. The molecule has 1 heterocycles. The molecule has 0 saturated carbocycles. The molecule has 124 valence electrons. The number of methoxy groups -OCH3 is 1. The zero-order valence-corrected chi connectivity index (χ0v) is 15.2. The van der Waals surface area contributed by atoms with Gasteiger partial charge in [-0.1, -0.05) is 20.8 Å². The van der Waals surface area contributed by atoms with E-state index in [0.29, 0.717) is 24.4 Å². The van der Waals surface area contributed by atoms with Crippen LogP contribution in [0.25, 0.3) is 0 Å². The van der Waals surface area contributed by atoms with E-state index in [-0.39, 0.29) is 0 Å². The fraction of sp³-hybridized carbons (Fsp3) is 0.526. The highest BCUT2D eigenvalue weighted by Crippen LogP contribution is 2.44. The van der Waals surface area contributed by atoms with Gasteiger partial charge in [-0.25, -0.2) is 4.98 Å². The van der Waals surface area contributed by atoms with Crippen molar-refractivity contribution >= 4 is 11.3 Å². The average Bonchev–Trinajstić information content (AvgIpc) is 3.05. The minimum Gasteiger partial charge on any atom is -0.493 e. The van der Waals surface area contributed by atoms with E-state index in [2.05, 4.69) is 37.9 Å². The van der Waals surface area contributed by atoms with Crippen molar-refractivity contribution in [1.29, 1.82) is 0 Å². The Labute approximate surface area is 142 Å². The van der Waals surface area contributed by atoms with E-state index in [1.807, 2.05) is 11.6 Å². The molecule has 2 atom stereocenters. The molecule has 1 aliphatic rings. The van der Waals surface area contributed by atoms with Crippen LogP contribution in [0.15, 0.2) is 23.7 Å². The van der Waals surface area contributed by atoms with Gasteiger partial charge in [0.2, 0.25) is 0 Å². The Hall–Kier alpha value is -1.55. The van der Waals surface area contributed by atoms with Crippen LogP contribution in [0.2, 0.25) is 0 Å². The third-order valence-electron chi connectivity index (χ3n) is 4.82. The molecule has 0 saturated heterocycles. The summed E-state index contributed by atoms with van der Waals surface area (Å²) in [4.78, 5) is 4.27. The standard InChI is InChI=1S/C19H25NO2S/c1-12(2)19-13(3)5-6-14-9-17(16(21-4)10-15(14)19)22-11-18-20-7-8-23-18/h7-10,12-13,19H,5-6,11H2,1-4H3. The fourth-order valence-corrected chi connectivity index (χ4v) is 4.29. The van der Waals surface area contributed by atoms with Gasteiger partial charge in [0.15, 0.2) is 11.5 Å². The molecule has 1 aliphatic carbocycles. The maximum Gasteiger partial charge on any atom is 0.162 e. The number of ether oxygens (including phenoxy) is 2. The fourth-order valence-electron chi connectivity index (χ4n) is 3.77. The first-order valence-electron chi connectivity index (χ1n) is 8.32. The van der Waals surface area contributed by atoms with Crippen LogP contribution in [-0.2, 0) is 13.0 Å². The highest BCUT2D eigenvalue weighted by Gasteiger charge is 2.30. The van der Waals surface area contributed by atoms with Crippen LogP contribution in [0, 0.1) is 11.8 Å². The van der Waals surface area contributed by atoms with Gasteiger partial charge in [0.1, 0.15) is 11.6 Å². The summed E-state index contributed by atoms with van der Waals surface area (Å²) in [6.07, 6.45) is 4.17. The maximum absolute atomic E-state index is 5.98. The van der Waals surface area contributed by atoms with Crippen LogP contribution < -0.4 is 9.47 Å². The number of nitrogens with zero attached hydrogens (tertiary/aromatic N) is 1. The monoisotopic (exact) mass is 331 g/mol. The summed E-state index contributed by atoms with van der Waals surface area (Å²) in [7, 11) is 1.72. The van der Waals surface area contributed by atoms with E-state index in [1.165, 1.54) is 17.5 Å². The quantitative estimate of drug-likeness (QED) is 0.768. The van der Waals surface area contributed by atoms with Crippen molar-refractivity contribution in [3.63, 3.8) is 0 Å². The topological polar surface area (TPSA) is 31.4 Å². The van der Waals surface area contributed by atoms with Gasteiger partial charge in [-0.15, -0.1) is 11.3 Å². The van der Waals surface area contributed by atoms with Crippen molar-refractivity contribution in [3.05, 3.63) is 39.8 Å². The molecule has 0 bridgehead atoms. The zero-order chi connectivity index (χ0) is 16.4. The predicted molar refractivity (Wildman–Crippen MR) is 94.5 cm³/mol. The van der Waals surface area contributed by atoms with E-state index in [0.717, 1.165) is 22.9 Å². The Morgan fingerprint density at radius 2 is 2.13 bits per heavy atom. The molecule has 23 heavy (non-hydrogen) atoms. The smallest absolute Gasteiger partial charge is 0.162 e. The Bertz CT molecular complexity index is 652. The molecule has 3 rings (SSSR count). The molecule has 0 radical (unpaired) electrons. The predicted octanol–water partition coefficient (Wildman–Crippen LogP) is 5.05. The van der Waals surface area contributed by atoms with Crippen molar-refractivity contribution in [2.24, 2.45) is 11.8 Å². The van der Waals surface area contributed by atoms with Crippen LogP contribution in [0.4, 0.5) is 0 Å². The molecule has 2 unspecified atom stereocenters. The van der Waals surface area contributed by atoms with E-state index in [9.17, 15) is 0 Å². The Kier molecular flexibility index (Phi) is 4.90. The van der Waals surface area contributed by atoms with Gasteiger partial charge in [0, 0.05) is 11.6 Å². The number of aromatic nitrogens is 1. The van der Waals surface area contributed by atoms with Crippen LogP contribution in [0.5, 0.6) is 11.5 Å². The second kappa shape index (κ2) is 6.91. The minimum atomic E-state index is 0.497. The summed E-state index contributed by atoms with van der Waals surface area (Å²) >= 11 is 1.61. The van der Waals surface area contributed by atoms with E-state index in [4.69, 9.17) is 9.47 Å². The lowest BCUT2D eigenvalue weighted by Crippen LogP contribution is -2.23. The number of fused-ring (bicyclic) bond motifs is 1. The number of hydrogen-bond donors (Lipinski definition) is 0. The average molecular weight is 331 g/mol. The molecule has 0 aliphatic heterocycles. The maximum atomic E-state index is 5.98. The van der Waals surface area contributed by atoms with Crippen LogP contribution in [0.3, 0.4) is 0 Å². The summed E-state index contributed by atoms with van der Waals surface area (Å²) in [6.45, 7) is 7.50. The lowest BCUT2D eigenvalue weighted by molar-refractivity contribution is 0.279. The van der Waals surface area contributed by atoms with Gasteiger partial charge in [0.05, 0.1) is 7.11 Å². The van der Waals surface area contributed by atoms with Crippen LogP contribution in [0.1, 0.15) is 49.2 Å². The zero-order valence-electron chi connectivity index (χ0n) is 14.3. The first kappa shape index (κ1) is 16.3. The normalized spacial score (nSPS) is 20.4. The second-order valence-electron chi connectivity index (χ2n) is 6.70. The summed E-state index contributed by atoms with van der Waals surface area (Å²) in [6, 6.07) is 4.38. The molecule has 0 spiro atoms. The van der Waals surface area contributed by atoms with Crippen molar-refractivity contribution in [2.75, 3.05) is 7.11 Å². The molecule has 0 fully saturated rings. The van der Waals surface area contributed by atoms with Crippen molar-refractivity contribution in [3.8, 4) is 11.5 Å². The van der Waals surface area contributed by atoms with Gasteiger partial charge >= 0.3 is 0 Å². The lowest BCUT2D eigenvalue weighted by atomic mass is 9.71. The number of hydrogen-bond acceptors (Lipinski definition) is 4. The molecular weight excluding hydrogens is 306 g/mol. The summed E-state index contributed by atoms with van der Waals surface area (Å²) in [5.41, 5.74) is 2.86. The number of thiazole rings is 1. The van der Waals surface area contributed by atoms with E-state index in [1.54, 1.807) is 18.4 Å². The molecular formula is C19H25NO2S. The summed E-state index contributed by atoms with van der Waals surface area (Å²) in [5, 5.41) is 2.95. The lowest BCUT2D eigenvalue weighted by Gasteiger charge is -2.35. The van der Waals surface area contributed by atoms with Gasteiger partial charge in [-0.05, 0) is 53.9 Å². The van der Waals surface area contributed by atoms with Crippen molar-refractivity contribution < 1.29 is 9.47 Å². The molecule has 2 aromatic rings. The number of aryl methyl sites for hydroxylation is 1. The van der Waals surface area contributed by atoms with Gasteiger partial charge in [-0.3, -0.25) is 0 Å². The van der Waals surface area contributed by atoms with Crippen LogP contribution >= 0.6 is 11.3 Å². The number of benzene rings is 1. The largest absolute Gasteiger partial charge is 0.493 e. The third-order valence-corrected chi connectivity index (χ3v) is 5.57. The van der Waals surface area contributed by atoms with E-state index >= 15 is 0 Å².